The zero-order valence-electron chi connectivity index (χ0n) is 21.2. The number of ether oxygens (including phenoxy) is 1. The Labute approximate surface area is 217 Å². The molecule has 3 heterocycles. The van der Waals surface area contributed by atoms with Crippen LogP contribution in [0.2, 0.25) is 0 Å². The minimum Gasteiger partial charge on any atom is -0.447 e. The van der Waals surface area contributed by atoms with E-state index in [1.165, 1.54) is 53.8 Å². The quantitative estimate of drug-likeness (QED) is 0.570. The van der Waals surface area contributed by atoms with Crippen molar-refractivity contribution in [2.24, 2.45) is 0 Å². The lowest BCUT2D eigenvalue weighted by Gasteiger charge is -2.36. The SMILES string of the molecule is C[C@@H]1COC(=O)N1c1ccc(C(=O)N2CCN(c3ncc(C4CC4)cc3C3CC3)CC2)c(S(C)(=O)=O)c1. The third-order valence-corrected chi connectivity index (χ3v) is 8.94. The molecule has 2 saturated heterocycles. The molecular formula is C27H32N4O5S. The van der Waals surface area contributed by atoms with Crippen molar-refractivity contribution >= 4 is 33.3 Å². The van der Waals surface area contributed by atoms with Gasteiger partial charge in [-0.3, -0.25) is 9.69 Å². The molecule has 0 N–H and O–H groups in total. The molecule has 37 heavy (non-hydrogen) atoms. The molecule has 0 radical (unpaired) electrons. The van der Waals surface area contributed by atoms with Gasteiger partial charge in [0.05, 0.1) is 16.5 Å². The maximum Gasteiger partial charge on any atom is 0.414 e. The van der Waals surface area contributed by atoms with Crippen LogP contribution >= 0.6 is 0 Å². The second-order valence-corrected chi connectivity index (χ2v) is 12.7. The summed E-state index contributed by atoms with van der Waals surface area (Å²) in [7, 11) is -3.72. The third kappa shape index (κ3) is 4.67. The number of anilines is 2. The minimum atomic E-state index is -3.72. The fourth-order valence-electron chi connectivity index (χ4n) is 5.40. The van der Waals surface area contributed by atoms with Crippen molar-refractivity contribution in [2.75, 3.05) is 48.8 Å². The monoisotopic (exact) mass is 524 g/mol. The number of carbonyl (C=O) groups is 2. The van der Waals surface area contributed by atoms with Gasteiger partial charge in [0.2, 0.25) is 0 Å². The van der Waals surface area contributed by atoms with E-state index < -0.39 is 15.9 Å². The lowest BCUT2D eigenvalue weighted by Crippen LogP contribution is -2.49. The van der Waals surface area contributed by atoms with E-state index in [2.05, 4.69) is 11.0 Å². The first-order valence-electron chi connectivity index (χ1n) is 13.0. The van der Waals surface area contributed by atoms with Gasteiger partial charge in [-0.15, -0.1) is 0 Å². The average Bonchev–Trinajstić information content (AvgIpc) is 3.81. The van der Waals surface area contributed by atoms with Crippen LogP contribution in [0.15, 0.2) is 35.4 Å². The molecule has 0 unspecified atom stereocenters. The number of carbonyl (C=O) groups excluding carboxylic acids is 2. The number of pyridine rings is 1. The molecule has 2 aliphatic heterocycles. The summed E-state index contributed by atoms with van der Waals surface area (Å²) in [5, 5.41) is 0. The number of piperazine rings is 1. The van der Waals surface area contributed by atoms with E-state index in [4.69, 9.17) is 9.72 Å². The van der Waals surface area contributed by atoms with E-state index in [-0.39, 0.29) is 29.0 Å². The van der Waals surface area contributed by atoms with Crippen molar-refractivity contribution in [3.05, 3.63) is 47.2 Å². The van der Waals surface area contributed by atoms with Gasteiger partial charge in [0.15, 0.2) is 9.84 Å². The number of sulfone groups is 1. The molecule has 9 nitrogen and oxygen atoms in total. The van der Waals surface area contributed by atoms with Gasteiger partial charge in [0.1, 0.15) is 12.4 Å². The van der Waals surface area contributed by atoms with E-state index >= 15 is 0 Å². The summed E-state index contributed by atoms with van der Waals surface area (Å²) in [4.78, 5) is 35.8. The second-order valence-electron chi connectivity index (χ2n) is 10.8. The summed E-state index contributed by atoms with van der Waals surface area (Å²) in [6.45, 7) is 4.31. The predicted octanol–water partition coefficient (Wildman–Crippen LogP) is 3.55. The Morgan fingerprint density at radius 2 is 1.73 bits per heavy atom. The first-order valence-corrected chi connectivity index (χ1v) is 14.9. The Balaban J connectivity index is 1.21. The van der Waals surface area contributed by atoms with Crippen molar-refractivity contribution in [3.63, 3.8) is 0 Å². The van der Waals surface area contributed by atoms with Crippen molar-refractivity contribution in [2.45, 2.75) is 55.4 Å². The molecule has 0 spiro atoms. The largest absolute Gasteiger partial charge is 0.447 e. The van der Waals surface area contributed by atoms with Gasteiger partial charge in [0.25, 0.3) is 5.91 Å². The summed E-state index contributed by atoms with van der Waals surface area (Å²) in [6.07, 6.45) is 7.51. The maximum absolute atomic E-state index is 13.5. The third-order valence-electron chi connectivity index (χ3n) is 7.81. The Morgan fingerprint density at radius 1 is 1.03 bits per heavy atom. The first-order chi connectivity index (χ1) is 17.7. The molecule has 2 saturated carbocycles. The normalized spacial score (nSPS) is 22.4. The summed E-state index contributed by atoms with van der Waals surface area (Å²) in [5.41, 5.74) is 3.23. The van der Waals surface area contributed by atoms with Crippen LogP contribution in [0, 0.1) is 0 Å². The topological polar surface area (TPSA) is 100 Å². The smallest absolute Gasteiger partial charge is 0.414 e. The highest BCUT2D eigenvalue weighted by Crippen LogP contribution is 2.47. The highest BCUT2D eigenvalue weighted by Gasteiger charge is 2.35. The first kappa shape index (κ1) is 24.2. The summed E-state index contributed by atoms with van der Waals surface area (Å²) in [6, 6.07) is 6.68. The van der Waals surface area contributed by atoms with Crippen molar-refractivity contribution in [1.29, 1.82) is 0 Å². The molecule has 1 aromatic heterocycles. The van der Waals surface area contributed by atoms with Crippen LogP contribution in [0.5, 0.6) is 0 Å². The van der Waals surface area contributed by atoms with Gasteiger partial charge < -0.3 is 14.5 Å². The number of amides is 2. The maximum atomic E-state index is 13.5. The van der Waals surface area contributed by atoms with Gasteiger partial charge >= 0.3 is 6.09 Å². The standard InChI is InChI=1S/C27H32N4O5S/c1-17-16-36-27(33)31(17)21-7-8-22(24(14-21)37(2,34)35)26(32)30-11-9-29(10-12-30)25-23(19-5-6-19)13-20(15-28-25)18-3-4-18/h7-8,13-15,17-19H,3-6,9-12,16H2,1-2H3/t17-/m1/s1. The Kier molecular flexibility index (Phi) is 5.89. The fraction of sp³-hybridized carbons (Fsp3) is 0.519. The zero-order chi connectivity index (χ0) is 25.9. The van der Waals surface area contributed by atoms with Crippen molar-refractivity contribution in [3.8, 4) is 0 Å². The highest BCUT2D eigenvalue weighted by atomic mass is 32.2. The molecule has 2 amide bonds. The van der Waals surface area contributed by atoms with Crippen LogP contribution < -0.4 is 9.80 Å². The number of benzene rings is 1. The van der Waals surface area contributed by atoms with Crippen LogP contribution in [0.1, 0.15) is 65.9 Å². The highest BCUT2D eigenvalue weighted by molar-refractivity contribution is 7.90. The number of aromatic nitrogens is 1. The molecule has 10 heteroatoms. The summed E-state index contributed by atoms with van der Waals surface area (Å²) < 4.78 is 30.4. The molecule has 2 aromatic rings. The van der Waals surface area contributed by atoms with E-state index in [1.807, 2.05) is 13.1 Å². The molecule has 6 rings (SSSR count). The minimum absolute atomic E-state index is 0.0716. The number of hydrogen-bond acceptors (Lipinski definition) is 7. The van der Waals surface area contributed by atoms with Crippen LogP contribution in [-0.4, -0.2) is 75.4 Å². The van der Waals surface area contributed by atoms with E-state index in [1.54, 1.807) is 11.0 Å². The Hall–Kier alpha value is -3.14. The van der Waals surface area contributed by atoms with E-state index in [0.29, 0.717) is 43.7 Å². The van der Waals surface area contributed by atoms with Gasteiger partial charge in [0, 0.05) is 44.3 Å². The molecule has 1 aromatic carbocycles. The number of rotatable bonds is 6. The molecule has 0 bridgehead atoms. The molecule has 4 aliphatic rings. The molecule has 4 fully saturated rings. The van der Waals surface area contributed by atoms with Crippen LogP contribution in [0.3, 0.4) is 0 Å². The molecule has 1 atom stereocenters. The van der Waals surface area contributed by atoms with Gasteiger partial charge in [-0.1, -0.05) is 6.07 Å². The van der Waals surface area contributed by atoms with Crippen LogP contribution in [0.25, 0.3) is 0 Å². The van der Waals surface area contributed by atoms with Crippen molar-refractivity contribution in [1.82, 2.24) is 9.88 Å². The number of cyclic esters (lactones) is 1. The van der Waals surface area contributed by atoms with Gasteiger partial charge in [-0.05, 0) is 73.8 Å². The van der Waals surface area contributed by atoms with Gasteiger partial charge in [-0.25, -0.2) is 18.2 Å². The lowest BCUT2D eigenvalue weighted by molar-refractivity contribution is 0.0742. The molecular weight excluding hydrogens is 492 g/mol. The second kappa shape index (κ2) is 9.01. The van der Waals surface area contributed by atoms with Crippen LogP contribution in [-0.2, 0) is 14.6 Å². The van der Waals surface area contributed by atoms with Crippen LogP contribution in [0.4, 0.5) is 16.3 Å². The van der Waals surface area contributed by atoms with Crippen molar-refractivity contribution < 1.29 is 22.7 Å². The lowest BCUT2D eigenvalue weighted by atomic mass is 10.1. The molecule has 2 aliphatic carbocycles. The fourth-order valence-corrected chi connectivity index (χ4v) is 6.29. The average molecular weight is 525 g/mol. The summed E-state index contributed by atoms with van der Waals surface area (Å²) in [5.74, 6) is 1.98. The van der Waals surface area contributed by atoms with Gasteiger partial charge in [-0.2, -0.15) is 0 Å². The summed E-state index contributed by atoms with van der Waals surface area (Å²) >= 11 is 0. The zero-order valence-corrected chi connectivity index (χ0v) is 22.0. The molecule has 196 valence electrons. The van der Waals surface area contributed by atoms with E-state index in [9.17, 15) is 18.0 Å². The Morgan fingerprint density at radius 3 is 2.32 bits per heavy atom. The number of hydrogen-bond donors (Lipinski definition) is 0. The Bertz CT molecular complexity index is 1360. The number of nitrogens with zero attached hydrogens (tertiary/aromatic N) is 4. The predicted molar refractivity (Wildman–Crippen MR) is 139 cm³/mol. The van der Waals surface area contributed by atoms with E-state index in [0.717, 1.165) is 12.1 Å².